The van der Waals surface area contributed by atoms with Crippen molar-refractivity contribution in [1.82, 2.24) is 4.90 Å². The summed E-state index contributed by atoms with van der Waals surface area (Å²) in [5, 5.41) is 0. The average Bonchev–Trinajstić information content (AvgIpc) is 2.72. The molecule has 0 bridgehead atoms. The number of benzene rings is 1. The van der Waals surface area contributed by atoms with E-state index in [0.717, 1.165) is 64.8 Å². The first-order valence-corrected chi connectivity index (χ1v) is 11.0. The van der Waals surface area contributed by atoms with Gasteiger partial charge in [-0.1, -0.05) is 0 Å². The smallest absolute Gasteiger partial charge is 0.174 e. The molecule has 0 unspecified atom stereocenters. The maximum absolute atomic E-state index is 13.1. The van der Waals surface area contributed by atoms with Gasteiger partial charge in [-0.05, 0) is 66.2 Å². The number of nitrogens with zero attached hydrogens (tertiary/aromatic N) is 1. The predicted molar refractivity (Wildman–Crippen MR) is 114 cm³/mol. The highest BCUT2D eigenvalue weighted by Crippen LogP contribution is 2.50. The van der Waals surface area contributed by atoms with Gasteiger partial charge in [0, 0.05) is 47.8 Å². The molecule has 154 valence electrons. The first-order valence-electron chi connectivity index (χ1n) is 10.2. The van der Waals surface area contributed by atoms with Gasteiger partial charge in [0.2, 0.25) is 0 Å². The Labute approximate surface area is 179 Å². The van der Waals surface area contributed by atoms with Gasteiger partial charge in [-0.25, -0.2) is 0 Å². The Balaban J connectivity index is 1.98. The van der Waals surface area contributed by atoms with Gasteiger partial charge in [0.1, 0.15) is 0 Å². The van der Waals surface area contributed by atoms with Crippen molar-refractivity contribution in [3.63, 3.8) is 0 Å². The van der Waals surface area contributed by atoms with E-state index in [1.165, 1.54) is 0 Å². The zero-order chi connectivity index (χ0) is 20.7. The number of rotatable bonds is 4. The summed E-state index contributed by atoms with van der Waals surface area (Å²) in [5.74, 6) is 1.18. The van der Waals surface area contributed by atoms with Crippen LogP contribution in [0, 0.1) is 0 Å². The number of halogens is 1. The van der Waals surface area contributed by atoms with Crippen LogP contribution in [0.3, 0.4) is 0 Å². The van der Waals surface area contributed by atoms with Crippen molar-refractivity contribution in [2.24, 2.45) is 0 Å². The molecule has 0 N–H and O–H groups in total. The van der Waals surface area contributed by atoms with Crippen LogP contribution in [0.25, 0.3) is 0 Å². The molecule has 1 heterocycles. The van der Waals surface area contributed by atoms with Crippen LogP contribution in [0.4, 0.5) is 0 Å². The maximum Gasteiger partial charge on any atom is 0.174 e. The van der Waals surface area contributed by atoms with Gasteiger partial charge in [-0.3, -0.25) is 9.59 Å². The molecule has 0 atom stereocenters. The molecule has 0 radical (unpaired) electrons. The van der Waals surface area contributed by atoms with Crippen molar-refractivity contribution >= 4 is 27.5 Å². The SMILES string of the molecule is CCN1C2=C(C(=O)CCC2)C(c2cc(Br)c(OC)c(OC)c2)C2=C1CCCC2=O. The third kappa shape index (κ3) is 3.21. The molecule has 4 rings (SSSR count). The van der Waals surface area contributed by atoms with E-state index in [-0.39, 0.29) is 17.5 Å². The van der Waals surface area contributed by atoms with Crippen LogP contribution < -0.4 is 9.47 Å². The summed E-state index contributed by atoms with van der Waals surface area (Å²) in [7, 11) is 3.19. The van der Waals surface area contributed by atoms with Crippen molar-refractivity contribution < 1.29 is 19.1 Å². The highest BCUT2D eigenvalue weighted by atomic mass is 79.9. The van der Waals surface area contributed by atoms with E-state index < -0.39 is 0 Å². The topological polar surface area (TPSA) is 55.8 Å². The van der Waals surface area contributed by atoms with Crippen LogP contribution in [0.2, 0.25) is 0 Å². The number of hydrogen-bond donors (Lipinski definition) is 0. The van der Waals surface area contributed by atoms with Gasteiger partial charge < -0.3 is 14.4 Å². The molecular weight excluding hydrogens is 434 g/mol. The van der Waals surface area contributed by atoms with Crippen LogP contribution >= 0.6 is 15.9 Å². The van der Waals surface area contributed by atoms with E-state index in [1.54, 1.807) is 14.2 Å². The molecule has 1 aromatic carbocycles. The van der Waals surface area contributed by atoms with Crippen molar-refractivity contribution in [3.8, 4) is 11.5 Å². The van der Waals surface area contributed by atoms with Crippen molar-refractivity contribution in [1.29, 1.82) is 0 Å². The fourth-order valence-electron chi connectivity index (χ4n) is 5.04. The lowest BCUT2D eigenvalue weighted by Crippen LogP contribution is -2.39. The lowest BCUT2D eigenvalue weighted by Gasteiger charge is -2.43. The van der Waals surface area contributed by atoms with Gasteiger partial charge in [0.05, 0.1) is 18.7 Å². The number of carbonyl (C=O) groups excluding carboxylic acids is 2. The molecule has 1 aromatic rings. The van der Waals surface area contributed by atoms with Crippen LogP contribution in [0.5, 0.6) is 11.5 Å². The largest absolute Gasteiger partial charge is 0.493 e. The molecule has 1 aliphatic heterocycles. The van der Waals surface area contributed by atoms with E-state index in [1.807, 2.05) is 12.1 Å². The number of ether oxygens (including phenoxy) is 2. The van der Waals surface area contributed by atoms with Crippen molar-refractivity contribution in [3.05, 3.63) is 44.7 Å². The van der Waals surface area contributed by atoms with Crippen LogP contribution in [-0.2, 0) is 9.59 Å². The average molecular weight is 460 g/mol. The third-order valence-corrected chi connectivity index (χ3v) is 6.78. The zero-order valence-electron chi connectivity index (χ0n) is 17.1. The Morgan fingerprint density at radius 3 is 2.03 bits per heavy atom. The molecule has 0 fully saturated rings. The van der Waals surface area contributed by atoms with Crippen molar-refractivity contribution in [2.45, 2.75) is 51.4 Å². The minimum absolute atomic E-state index is 0.158. The zero-order valence-corrected chi connectivity index (χ0v) is 18.7. The summed E-state index contributed by atoms with van der Waals surface area (Å²) < 4.78 is 11.8. The van der Waals surface area contributed by atoms with E-state index in [9.17, 15) is 9.59 Å². The van der Waals surface area contributed by atoms with Crippen LogP contribution in [0.1, 0.15) is 56.9 Å². The molecule has 6 heteroatoms. The molecule has 3 aliphatic rings. The molecule has 2 aliphatic carbocycles. The molecule has 0 saturated carbocycles. The molecule has 0 aromatic heterocycles. The second-order valence-corrected chi connectivity index (χ2v) is 8.54. The molecule has 0 saturated heterocycles. The Kier molecular flexibility index (Phi) is 5.56. The third-order valence-electron chi connectivity index (χ3n) is 6.19. The first kappa shape index (κ1) is 20.2. The Hall–Kier alpha value is -2.08. The summed E-state index contributed by atoms with van der Waals surface area (Å²) in [5.41, 5.74) is 4.70. The summed E-state index contributed by atoms with van der Waals surface area (Å²) in [4.78, 5) is 28.5. The van der Waals surface area contributed by atoms with E-state index >= 15 is 0 Å². The van der Waals surface area contributed by atoms with Crippen LogP contribution in [-0.4, -0.2) is 37.2 Å². The number of allylic oxidation sites excluding steroid dienone is 4. The Bertz CT molecular complexity index is 902. The van der Waals surface area contributed by atoms with Gasteiger partial charge >= 0.3 is 0 Å². The number of Topliss-reactive ketones (excluding diaryl/α,β-unsaturated/α-hetero) is 2. The second-order valence-electron chi connectivity index (χ2n) is 7.69. The van der Waals surface area contributed by atoms with E-state index in [4.69, 9.17) is 9.47 Å². The monoisotopic (exact) mass is 459 g/mol. The fourth-order valence-corrected chi connectivity index (χ4v) is 5.66. The minimum Gasteiger partial charge on any atom is -0.493 e. The summed E-state index contributed by atoms with van der Waals surface area (Å²) >= 11 is 3.58. The number of hydrogen-bond acceptors (Lipinski definition) is 5. The van der Waals surface area contributed by atoms with E-state index in [0.29, 0.717) is 24.3 Å². The van der Waals surface area contributed by atoms with E-state index in [2.05, 4.69) is 27.8 Å². The summed E-state index contributed by atoms with van der Waals surface area (Å²) in [6, 6.07) is 3.88. The van der Waals surface area contributed by atoms with Crippen LogP contribution in [0.15, 0.2) is 39.1 Å². The molecule has 0 amide bonds. The second kappa shape index (κ2) is 7.98. The highest BCUT2D eigenvalue weighted by molar-refractivity contribution is 9.10. The number of methoxy groups -OCH3 is 2. The normalized spacial score (nSPS) is 20.1. The van der Waals surface area contributed by atoms with Gasteiger partial charge in [-0.15, -0.1) is 0 Å². The number of carbonyl (C=O) groups is 2. The minimum atomic E-state index is -0.334. The predicted octanol–water partition coefficient (Wildman–Crippen LogP) is 4.90. The lowest BCUT2D eigenvalue weighted by atomic mass is 9.71. The maximum atomic E-state index is 13.1. The molecular formula is C23H26BrNO4. The summed E-state index contributed by atoms with van der Waals surface area (Å²) in [6.45, 7) is 2.88. The molecule has 0 spiro atoms. The first-order chi connectivity index (χ1) is 14.0. The van der Waals surface area contributed by atoms with Gasteiger partial charge in [0.15, 0.2) is 23.1 Å². The fraction of sp³-hybridized carbons (Fsp3) is 0.478. The number of ketones is 2. The Morgan fingerprint density at radius 2 is 1.55 bits per heavy atom. The summed E-state index contributed by atoms with van der Waals surface area (Å²) in [6.07, 6.45) is 4.58. The quantitative estimate of drug-likeness (QED) is 0.640. The highest BCUT2D eigenvalue weighted by Gasteiger charge is 2.43. The standard InChI is InChI=1S/C23H26BrNO4/c1-4-25-15-7-5-9-17(26)21(15)20(22-16(25)8-6-10-18(22)27)13-11-14(24)23(29-3)19(12-13)28-2/h11-12,20H,4-10H2,1-3H3. The Morgan fingerprint density at radius 1 is 0.966 bits per heavy atom. The van der Waals surface area contributed by atoms with Gasteiger partial charge in [-0.2, -0.15) is 0 Å². The van der Waals surface area contributed by atoms with Gasteiger partial charge in [0.25, 0.3) is 0 Å². The van der Waals surface area contributed by atoms with Crippen molar-refractivity contribution in [2.75, 3.05) is 20.8 Å². The molecule has 5 nitrogen and oxygen atoms in total. The lowest BCUT2D eigenvalue weighted by molar-refractivity contribution is -0.117. The molecule has 29 heavy (non-hydrogen) atoms.